The van der Waals surface area contributed by atoms with Gasteiger partial charge in [-0.25, -0.2) is 4.39 Å². The Morgan fingerprint density at radius 1 is 0.857 bits per heavy atom. The number of halogens is 1. The van der Waals surface area contributed by atoms with Gasteiger partial charge in [-0.1, -0.05) is 74.6 Å². The third kappa shape index (κ3) is 4.70. The van der Waals surface area contributed by atoms with E-state index >= 15 is 0 Å². The number of aryl methyl sites for hydroxylation is 2. The molecule has 0 aliphatic carbocycles. The Balaban J connectivity index is 1.99. The molecule has 0 saturated carbocycles. The van der Waals surface area contributed by atoms with Gasteiger partial charge in [-0.3, -0.25) is 0 Å². The zero-order valence-corrected chi connectivity index (χ0v) is 13.2. The van der Waals surface area contributed by atoms with E-state index in [-0.39, 0.29) is 5.82 Å². The molecule has 0 spiro atoms. The van der Waals surface area contributed by atoms with E-state index in [0.717, 1.165) is 24.0 Å². The van der Waals surface area contributed by atoms with Crippen LogP contribution < -0.4 is 0 Å². The first-order chi connectivity index (χ1) is 10.2. The van der Waals surface area contributed by atoms with Crippen molar-refractivity contribution in [3.63, 3.8) is 0 Å². The highest BCUT2D eigenvalue weighted by molar-refractivity contribution is 5.64. The lowest BCUT2D eigenvalue weighted by molar-refractivity contribution is 0.618. The molecule has 0 unspecified atom stereocenters. The lowest BCUT2D eigenvalue weighted by atomic mass is 9.99. The van der Waals surface area contributed by atoms with Crippen LogP contribution in [0, 0.1) is 12.7 Å². The van der Waals surface area contributed by atoms with Gasteiger partial charge in [-0.2, -0.15) is 0 Å². The molecule has 0 saturated heterocycles. The van der Waals surface area contributed by atoms with Crippen LogP contribution in [0.5, 0.6) is 0 Å². The van der Waals surface area contributed by atoms with Gasteiger partial charge in [-0.05, 0) is 37.0 Å². The van der Waals surface area contributed by atoms with Gasteiger partial charge in [0.05, 0.1) is 0 Å². The minimum Gasteiger partial charge on any atom is -0.206 e. The minimum absolute atomic E-state index is 0.107. The molecule has 0 N–H and O–H groups in total. The Hall–Kier alpha value is -1.63. The first kappa shape index (κ1) is 15.8. The molecule has 0 amide bonds. The maximum atomic E-state index is 14.3. The molecule has 0 heterocycles. The molecule has 0 fully saturated rings. The summed E-state index contributed by atoms with van der Waals surface area (Å²) in [5.41, 5.74) is 3.96. The van der Waals surface area contributed by atoms with E-state index in [1.54, 1.807) is 6.07 Å². The van der Waals surface area contributed by atoms with Crippen LogP contribution in [0.4, 0.5) is 4.39 Å². The van der Waals surface area contributed by atoms with Crippen molar-refractivity contribution >= 4 is 0 Å². The Kier molecular flexibility index (Phi) is 5.98. The summed E-state index contributed by atoms with van der Waals surface area (Å²) in [6, 6.07) is 13.7. The second-order valence-corrected chi connectivity index (χ2v) is 5.84. The van der Waals surface area contributed by atoms with Gasteiger partial charge in [-0.15, -0.1) is 0 Å². The molecule has 2 aromatic rings. The maximum Gasteiger partial charge on any atom is 0.131 e. The van der Waals surface area contributed by atoms with Crippen LogP contribution in [-0.4, -0.2) is 0 Å². The zero-order valence-electron chi connectivity index (χ0n) is 13.2. The van der Waals surface area contributed by atoms with Crippen LogP contribution in [0.2, 0.25) is 0 Å². The topological polar surface area (TPSA) is 0 Å². The Labute approximate surface area is 128 Å². The van der Waals surface area contributed by atoms with E-state index in [1.165, 1.54) is 31.2 Å². The number of unbranched alkanes of at least 4 members (excludes halogenated alkanes) is 4. The van der Waals surface area contributed by atoms with Crippen LogP contribution >= 0.6 is 0 Å². The summed E-state index contributed by atoms with van der Waals surface area (Å²) in [5.74, 6) is -0.107. The van der Waals surface area contributed by atoms with Crippen molar-refractivity contribution < 1.29 is 4.39 Å². The molecule has 0 aliphatic heterocycles. The summed E-state index contributed by atoms with van der Waals surface area (Å²) in [4.78, 5) is 0. The van der Waals surface area contributed by atoms with Gasteiger partial charge in [0.1, 0.15) is 5.82 Å². The van der Waals surface area contributed by atoms with Crippen molar-refractivity contribution in [2.75, 3.05) is 0 Å². The highest BCUT2D eigenvalue weighted by Crippen LogP contribution is 2.24. The summed E-state index contributed by atoms with van der Waals surface area (Å²) < 4.78 is 14.3. The fourth-order valence-electron chi connectivity index (χ4n) is 2.61. The quantitative estimate of drug-likeness (QED) is 0.522. The van der Waals surface area contributed by atoms with Crippen LogP contribution in [-0.2, 0) is 6.42 Å². The first-order valence-corrected chi connectivity index (χ1v) is 8.06. The Morgan fingerprint density at radius 3 is 2.24 bits per heavy atom. The second-order valence-electron chi connectivity index (χ2n) is 5.84. The largest absolute Gasteiger partial charge is 0.206 e. The monoisotopic (exact) mass is 284 g/mol. The molecule has 0 bridgehead atoms. The average Bonchev–Trinajstić information content (AvgIpc) is 2.48. The van der Waals surface area contributed by atoms with E-state index in [4.69, 9.17) is 0 Å². The van der Waals surface area contributed by atoms with Gasteiger partial charge in [0, 0.05) is 5.56 Å². The molecule has 0 atom stereocenters. The van der Waals surface area contributed by atoms with E-state index in [2.05, 4.69) is 13.0 Å². The van der Waals surface area contributed by atoms with Crippen LogP contribution in [0.25, 0.3) is 11.1 Å². The number of hydrogen-bond donors (Lipinski definition) is 0. The molecule has 0 aliphatic rings. The SMILES string of the molecule is CCCCCCCc1ccc(-c2ccc(C)cc2)c(F)c1. The third-order valence-corrected chi connectivity index (χ3v) is 3.97. The van der Waals surface area contributed by atoms with Gasteiger partial charge in [0.2, 0.25) is 0 Å². The van der Waals surface area contributed by atoms with Crippen LogP contribution in [0.1, 0.15) is 50.2 Å². The summed E-state index contributed by atoms with van der Waals surface area (Å²) in [6.07, 6.45) is 7.24. The Bertz CT molecular complexity index is 555. The number of rotatable bonds is 7. The fourth-order valence-corrected chi connectivity index (χ4v) is 2.61. The second kappa shape index (κ2) is 7.97. The maximum absolute atomic E-state index is 14.3. The molecule has 112 valence electrons. The lowest BCUT2D eigenvalue weighted by Gasteiger charge is -2.07. The highest BCUT2D eigenvalue weighted by Gasteiger charge is 2.06. The van der Waals surface area contributed by atoms with Gasteiger partial charge >= 0.3 is 0 Å². The molecular formula is C20H25F. The third-order valence-electron chi connectivity index (χ3n) is 3.97. The Morgan fingerprint density at radius 2 is 1.57 bits per heavy atom. The van der Waals surface area contributed by atoms with E-state index in [9.17, 15) is 4.39 Å². The van der Waals surface area contributed by atoms with E-state index in [0.29, 0.717) is 5.56 Å². The highest BCUT2D eigenvalue weighted by atomic mass is 19.1. The summed E-state index contributed by atoms with van der Waals surface area (Å²) in [7, 11) is 0. The van der Waals surface area contributed by atoms with Crippen molar-refractivity contribution in [3.05, 3.63) is 59.4 Å². The molecule has 0 radical (unpaired) electrons. The number of hydrogen-bond acceptors (Lipinski definition) is 0. The van der Waals surface area contributed by atoms with E-state index < -0.39 is 0 Å². The van der Waals surface area contributed by atoms with Crippen molar-refractivity contribution in [3.8, 4) is 11.1 Å². The molecule has 2 rings (SSSR count). The summed E-state index contributed by atoms with van der Waals surface area (Å²) >= 11 is 0. The van der Waals surface area contributed by atoms with Gasteiger partial charge in [0.25, 0.3) is 0 Å². The summed E-state index contributed by atoms with van der Waals surface area (Å²) in [5, 5.41) is 0. The fraction of sp³-hybridized carbons (Fsp3) is 0.400. The van der Waals surface area contributed by atoms with Crippen LogP contribution in [0.15, 0.2) is 42.5 Å². The predicted octanol–water partition coefficient (Wildman–Crippen LogP) is 6.31. The molecular weight excluding hydrogens is 259 g/mol. The molecule has 0 nitrogen and oxygen atoms in total. The zero-order chi connectivity index (χ0) is 15.1. The van der Waals surface area contributed by atoms with Gasteiger partial charge in [0.15, 0.2) is 0 Å². The molecule has 0 aromatic heterocycles. The molecule has 21 heavy (non-hydrogen) atoms. The molecule has 2 aromatic carbocycles. The van der Waals surface area contributed by atoms with Crippen LogP contribution in [0.3, 0.4) is 0 Å². The van der Waals surface area contributed by atoms with Crippen molar-refractivity contribution in [1.82, 2.24) is 0 Å². The molecule has 1 heteroatoms. The summed E-state index contributed by atoms with van der Waals surface area (Å²) in [6.45, 7) is 4.26. The van der Waals surface area contributed by atoms with Crippen molar-refractivity contribution in [2.24, 2.45) is 0 Å². The normalized spacial score (nSPS) is 10.8. The average molecular weight is 284 g/mol. The van der Waals surface area contributed by atoms with Gasteiger partial charge < -0.3 is 0 Å². The lowest BCUT2D eigenvalue weighted by Crippen LogP contribution is -1.91. The van der Waals surface area contributed by atoms with E-state index in [1.807, 2.05) is 37.3 Å². The first-order valence-electron chi connectivity index (χ1n) is 8.06. The minimum atomic E-state index is -0.107. The van der Waals surface area contributed by atoms with Crippen molar-refractivity contribution in [2.45, 2.75) is 52.4 Å². The standard InChI is InChI=1S/C20H25F/c1-3-4-5-6-7-8-17-11-14-19(20(21)15-17)18-12-9-16(2)10-13-18/h9-15H,3-8H2,1-2H3. The number of benzene rings is 2. The van der Waals surface area contributed by atoms with Crippen molar-refractivity contribution in [1.29, 1.82) is 0 Å². The predicted molar refractivity (Wildman–Crippen MR) is 89.0 cm³/mol. The smallest absolute Gasteiger partial charge is 0.131 e.